The standard InChI is InChI=1S/C16H25NO/c1-13(2)16(12-17-15-8-9-15)18-11-10-14-6-4-3-5-7-14/h3-7,13,15-17H,8-12H2,1-2H3. The summed E-state index contributed by atoms with van der Waals surface area (Å²) in [6, 6.07) is 11.3. The lowest BCUT2D eigenvalue weighted by Crippen LogP contribution is -2.34. The van der Waals surface area contributed by atoms with Gasteiger partial charge >= 0.3 is 0 Å². The predicted octanol–water partition coefficient (Wildman–Crippen LogP) is 3.02. The molecule has 1 atom stereocenters. The molecule has 1 unspecified atom stereocenters. The second kappa shape index (κ2) is 6.91. The Morgan fingerprint density at radius 3 is 2.56 bits per heavy atom. The Labute approximate surface area is 111 Å². The smallest absolute Gasteiger partial charge is 0.0722 e. The molecule has 2 heteroatoms. The average molecular weight is 247 g/mol. The van der Waals surface area contributed by atoms with E-state index in [-0.39, 0.29) is 0 Å². The molecule has 1 N–H and O–H groups in total. The average Bonchev–Trinajstić information content (AvgIpc) is 3.18. The van der Waals surface area contributed by atoms with Crippen LogP contribution in [0, 0.1) is 5.92 Å². The molecule has 0 spiro atoms. The first kappa shape index (κ1) is 13.6. The van der Waals surface area contributed by atoms with Gasteiger partial charge in [0.1, 0.15) is 0 Å². The maximum absolute atomic E-state index is 6.02. The predicted molar refractivity (Wildman–Crippen MR) is 75.7 cm³/mol. The van der Waals surface area contributed by atoms with E-state index in [1.165, 1.54) is 18.4 Å². The summed E-state index contributed by atoms with van der Waals surface area (Å²) in [7, 11) is 0. The minimum Gasteiger partial charge on any atom is -0.376 e. The minimum absolute atomic E-state index is 0.342. The van der Waals surface area contributed by atoms with Gasteiger partial charge in [0.05, 0.1) is 12.7 Å². The third kappa shape index (κ3) is 4.79. The number of ether oxygens (including phenoxy) is 1. The van der Waals surface area contributed by atoms with E-state index in [0.29, 0.717) is 12.0 Å². The van der Waals surface area contributed by atoms with E-state index < -0.39 is 0 Å². The minimum atomic E-state index is 0.342. The lowest BCUT2D eigenvalue weighted by atomic mass is 10.1. The van der Waals surface area contributed by atoms with Crippen molar-refractivity contribution in [3.8, 4) is 0 Å². The molecule has 1 aliphatic rings. The Balaban J connectivity index is 1.68. The van der Waals surface area contributed by atoms with Crippen molar-refractivity contribution in [2.45, 2.75) is 45.3 Å². The van der Waals surface area contributed by atoms with Gasteiger partial charge in [0.25, 0.3) is 0 Å². The molecule has 0 amide bonds. The van der Waals surface area contributed by atoms with Gasteiger partial charge in [-0.2, -0.15) is 0 Å². The summed E-state index contributed by atoms with van der Waals surface area (Å²) >= 11 is 0. The van der Waals surface area contributed by atoms with E-state index >= 15 is 0 Å². The highest BCUT2D eigenvalue weighted by Crippen LogP contribution is 2.19. The number of nitrogens with one attached hydrogen (secondary N) is 1. The summed E-state index contributed by atoms with van der Waals surface area (Å²) in [6.45, 7) is 6.29. The topological polar surface area (TPSA) is 21.3 Å². The van der Waals surface area contributed by atoms with Crippen LogP contribution < -0.4 is 5.32 Å². The van der Waals surface area contributed by atoms with E-state index in [4.69, 9.17) is 4.74 Å². The molecule has 1 aromatic carbocycles. The van der Waals surface area contributed by atoms with Crippen LogP contribution in [0.5, 0.6) is 0 Å². The fourth-order valence-corrected chi connectivity index (χ4v) is 2.03. The highest BCUT2D eigenvalue weighted by Gasteiger charge is 2.23. The quantitative estimate of drug-likeness (QED) is 0.762. The number of hydrogen-bond acceptors (Lipinski definition) is 2. The molecule has 1 fully saturated rings. The van der Waals surface area contributed by atoms with Crippen LogP contribution in [0.4, 0.5) is 0 Å². The Hall–Kier alpha value is -0.860. The third-order valence-corrected chi connectivity index (χ3v) is 3.49. The van der Waals surface area contributed by atoms with Gasteiger partial charge in [-0.05, 0) is 30.7 Å². The molecule has 18 heavy (non-hydrogen) atoms. The van der Waals surface area contributed by atoms with Crippen LogP contribution in [0.2, 0.25) is 0 Å². The highest BCUT2D eigenvalue weighted by molar-refractivity contribution is 5.14. The summed E-state index contributed by atoms with van der Waals surface area (Å²) < 4.78 is 6.02. The molecule has 1 aromatic rings. The van der Waals surface area contributed by atoms with Gasteiger partial charge in [0.15, 0.2) is 0 Å². The van der Waals surface area contributed by atoms with Gasteiger partial charge in [-0.3, -0.25) is 0 Å². The first-order chi connectivity index (χ1) is 8.75. The van der Waals surface area contributed by atoms with Crippen molar-refractivity contribution in [3.05, 3.63) is 35.9 Å². The molecular formula is C16H25NO. The van der Waals surface area contributed by atoms with Gasteiger partial charge in [-0.25, -0.2) is 0 Å². The van der Waals surface area contributed by atoms with E-state index in [9.17, 15) is 0 Å². The Kier molecular flexibility index (Phi) is 5.21. The van der Waals surface area contributed by atoms with E-state index in [2.05, 4.69) is 49.5 Å². The summed E-state index contributed by atoms with van der Waals surface area (Å²) in [4.78, 5) is 0. The molecule has 0 bridgehead atoms. The highest BCUT2D eigenvalue weighted by atomic mass is 16.5. The normalized spacial score (nSPS) is 17.1. The molecule has 0 saturated heterocycles. The molecule has 0 heterocycles. The van der Waals surface area contributed by atoms with Gasteiger partial charge in [0.2, 0.25) is 0 Å². The zero-order chi connectivity index (χ0) is 12.8. The van der Waals surface area contributed by atoms with E-state index in [1.54, 1.807) is 0 Å². The van der Waals surface area contributed by atoms with Crippen molar-refractivity contribution < 1.29 is 4.74 Å². The molecule has 0 aromatic heterocycles. The maximum atomic E-state index is 6.02. The lowest BCUT2D eigenvalue weighted by molar-refractivity contribution is 0.0245. The van der Waals surface area contributed by atoms with Crippen LogP contribution in [0.1, 0.15) is 32.3 Å². The molecule has 0 aliphatic heterocycles. The SMILES string of the molecule is CC(C)C(CNC1CC1)OCCc1ccccc1. The van der Waals surface area contributed by atoms with E-state index in [1.807, 2.05) is 0 Å². The second-order valence-corrected chi connectivity index (χ2v) is 5.57. The lowest BCUT2D eigenvalue weighted by Gasteiger charge is -2.22. The van der Waals surface area contributed by atoms with Gasteiger partial charge in [0, 0.05) is 12.6 Å². The first-order valence-electron chi connectivity index (χ1n) is 7.14. The van der Waals surface area contributed by atoms with Crippen LogP contribution in [-0.4, -0.2) is 25.3 Å². The molecule has 0 radical (unpaired) electrons. The monoisotopic (exact) mass is 247 g/mol. The van der Waals surface area contributed by atoms with Crippen LogP contribution in [0.15, 0.2) is 30.3 Å². The molecular weight excluding hydrogens is 222 g/mol. The molecule has 2 rings (SSSR count). The van der Waals surface area contributed by atoms with Crippen molar-refractivity contribution in [2.24, 2.45) is 5.92 Å². The van der Waals surface area contributed by atoms with Crippen molar-refractivity contribution in [2.75, 3.05) is 13.2 Å². The first-order valence-corrected chi connectivity index (χ1v) is 7.14. The summed E-state index contributed by atoms with van der Waals surface area (Å²) in [5, 5.41) is 3.56. The molecule has 1 aliphatic carbocycles. The molecule has 1 saturated carbocycles. The number of benzene rings is 1. The van der Waals surface area contributed by atoms with Crippen LogP contribution in [0.3, 0.4) is 0 Å². The molecule has 100 valence electrons. The fourth-order valence-electron chi connectivity index (χ4n) is 2.03. The molecule has 2 nitrogen and oxygen atoms in total. The second-order valence-electron chi connectivity index (χ2n) is 5.57. The van der Waals surface area contributed by atoms with Crippen molar-refractivity contribution >= 4 is 0 Å². The zero-order valence-corrected chi connectivity index (χ0v) is 11.6. The third-order valence-electron chi connectivity index (χ3n) is 3.49. The maximum Gasteiger partial charge on any atom is 0.0722 e. The fraction of sp³-hybridized carbons (Fsp3) is 0.625. The van der Waals surface area contributed by atoms with Crippen molar-refractivity contribution in [3.63, 3.8) is 0 Å². The van der Waals surface area contributed by atoms with Crippen LogP contribution >= 0.6 is 0 Å². The van der Waals surface area contributed by atoms with Gasteiger partial charge < -0.3 is 10.1 Å². The van der Waals surface area contributed by atoms with E-state index in [0.717, 1.165) is 25.6 Å². The summed E-state index contributed by atoms with van der Waals surface area (Å²) in [6.07, 6.45) is 4.03. The van der Waals surface area contributed by atoms with Crippen LogP contribution in [-0.2, 0) is 11.2 Å². The Morgan fingerprint density at radius 2 is 1.94 bits per heavy atom. The van der Waals surface area contributed by atoms with Gasteiger partial charge in [-0.1, -0.05) is 44.2 Å². The number of hydrogen-bond donors (Lipinski definition) is 1. The zero-order valence-electron chi connectivity index (χ0n) is 11.6. The van der Waals surface area contributed by atoms with Crippen molar-refractivity contribution in [1.29, 1.82) is 0 Å². The summed E-state index contributed by atoms with van der Waals surface area (Å²) in [5.41, 5.74) is 1.36. The van der Waals surface area contributed by atoms with Gasteiger partial charge in [-0.15, -0.1) is 0 Å². The number of rotatable bonds is 8. The largest absolute Gasteiger partial charge is 0.376 e. The Bertz CT molecular complexity index is 332. The van der Waals surface area contributed by atoms with Crippen LogP contribution in [0.25, 0.3) is 0 Å². The Morgan fingerprint density at radius 1 is 1.22 bits per heavy atom. The summed E-state index contributed by atoms with van der Waals surface area (Å²) in [5.74, 6) is 0.576. The van der Waals surface area contributed by atoms with Crippen molar-refractivity contribution in [1.82, 2.24) is 5.32 Å².